The van der Waals surface area contributed by atoms with Gasteiger partial charge in [0.15, 0.2) is 0 Å². The van der Waals surface area contributed by atoms with Crippen LogP contribution in [0, 0.1) is 0 Å². The Balaban J connectivity index is 2.15. The minimum absolute atomic E-state index is 0.0436. The number of aromatic amines is 1. The molecule has 2 N–H and O–H groups in total. The second kappa shape index (κ2) is 2.52. The van der Waals surface area contributed by atoms with Gasteiger partial charge < -0.3 is 4.74 Å². The van der Waals surface area contributed by atoms with Gasteiger partial charge in [-0.2, -0.15) is 13.9 Å². The molecule has 1 aromatic rings. The lowest BCUT2D eigenvalue weighted by molar-refractivity contribution is -0.113. The van der Waals surface area contributed by atoms with E-state index >= 15 is 0 Å². The lowest BCUT2D eigenvalue weighted by Crippen LogP contribution is -2.56. The van der Waals surface area contributed by atoms with Gasteiger partial charge in [0.2, 0.25) is 0 Å². The van der Waals surface area contributed by atoms with Crippen molar-refractivity contribution in [2.24, 2.45) is 0 Å². The molecule has 2 aliphatic rings. The minimum atomic E-state index is -2.91. The summed E-state index contributed by atoms with van der Waals surface area (Å²) < 4.78 is 32.5. The zero-order chi connectivity index (χ0) is 9.76. The molecule has 0 aliphatic carbocycles. The second-order valence-electron chi connectivity index (χ2n) is 3.63. The second-order valence-corrected chi connectivity index (χ2v) is 3.63. The number of nitrogens with zero attached hydrogens (tertiary/aromatic N) is 1. The molecule has 0 saturated carbocycles. The summed E-state index contributed by atoms with van der Waals surface area (Å²) in [6.45, 7) is 0.473. The number of hydrogen-bond donors (Lipinski definition) is 2. The fourth-order valence-electron chi connectivity index (χ4n) is 2.03. The van der Waals surface area contributed by atoms with Gasteiger partial charge >= 0.3 is 5.92 Å². The van der Waals surface area contributed by atoms with Crippen molar-refractivity contribution in [3.8, 4) is 0 Å². The number of nitrogens with one attached hydrogen (secondary N) is 2. The predicted molar refractivity (Wildman–Crippen MR) is 43.0 cm³/mol. The van der Waals surface area contributed by atoms with Crippen LogP contribution >= 0.6 is 0 Å². The van der Waals surface area contributed by atoms with Crippen molar-refractivity contribution in [1.82, 2.24) is 15.5 Å². The molecular weight excluding hydrogens is 192 g/mol. The number of H-pyrrole nitrogens is 1. The van der Waals surface area contributed by atoms with E-state index < -0.39 is 12.0 Å². The molecule has 0 radical (unpaired) electrons. The van der Waals surface area contributed by atoms with Crippen LogP contribution in [0.1, 0.15) is 17.3 Å². The molecule has 2 bridgehead atoms. The summed E-state index contributed by atoms with van der Waals surface area (Å²) in [6, 6.07) is -1.09. The Morgan fingerprint density at radius 2 is 2.36 bits per heavy atom. The van der Waals surface area contributed by atoms with E-state index in [1.807, 2.05) is 0 Å². The van der Waals surface area contributed by atoms with Crippen molar-refractivity contribution >= 4 is 0 Å². The van der Waals surface area contributed by atoms with Crippen LogP contribution < -0.4 is 5.32 Å². The monoisotopic (exact) mass is 201 g/mol. The maximum Gasteiger partial charge on any atom is 0.306 e. The van der Waals surface area contributed by atoms with Crippen molar-refractivity contribution in [3.63, 3.8) is 0 Å². The standard InChI is InChI=1S/C8H9F2N3O/c9-8(10)6-3-14-2-5(12-6)4-1-11-13-7(4)8/h1,5-6,12H,2-3H2,(H,11,13). The summed E-state index contributed by atoms with van der Waals surface area (Å²) in [5, 5.41) is 8.89. The molecule has 4 nitrogen and oxygen atoms in total. The number of aromatic nitrogens is 2. The Hall–Kier alpha value is -1.01. The zero-order valence-electron chi connectivity index (χ0n) is 7.26. The van der Waals surface area contributed by atoms with Crippen LogP contribution in [0.2, 0.25) is 0 Å². The maximum atomic E-state index is 13.7. The Morgan fingerprint density at radius 3 is 3.21 bits per heavy atom. The first-order valence-electron chi connectivity index (χ1n) is 4.45. The largest absolute Gasteiger partial charge is 0.378 e. The smallest absolute Gasteiger partial charge is 0.306 e. The third kappa shape index (κ3) is 0.896. The third-order valence-electron chi connectivity index (χ3n) is 2.79. The summed E-state index contributed by atoms with van der Waals surface area (Å²) >= 11 is 0. The maximum absolute atomic E-state index is 13.7. The van der Waals surface area contributed by atoms with E-state index in [-0.39, 0.29) is 18.3 Å². The molecule has 76 valence electrons. The number of morpholine rings is 1. The van der Waals surface area contributed by atoms with Crippen LogP contribution in [-0.4, -0.2) is 29.5 Å². The van der Waals surface area contributed by atoms with E-state index in [0.29, 0.717) is 12.2 Å². The average Bonchev–Trinajstić information content (AvgIpc) is 2.65. The van der Waals surface area contributed by atoms with Crippen LogP contribution in [0.4, 0.5) is 8.78 Å². The molecule has 1 fully saturated rings. The van der Waals surface area contributed by atoms with Gasteiger partial charge in [0.05, 0.1) is 25.5 Å². The molecule has 2 unspecified atom stereocenters. The van der Waals surface area contributed by atoms with Gasteiger partial charge in [0.25, 0.3) is 0 Å². The predicted octanol–water partition coefficient (Wildman–Crippen LogP) is 0.545. The average molecular weight is 201 g/mol. The molecule has 2 aliphatic heterocycles. The van der Waals surface area contributed by atoms with Crippen LogP contribution in [0.15, 0.2) is 6.20 Å². The molecule has 3 rings (SSSR count). The van der Waals surface area contributed by atoms with E-state index in [4.69, 9.17) is 4.74 Å². The van der Waals surface area contributed by atoms with Gasteiger partial charge in [-0.3, -0.25) is 10.4 Å². The first-order valence-corrected chi connectivity index (χ1v) is 4.45. The molecule has 1 saturated heterocycles. The Labute approximate surface area is 78.6 Å². The number of hydrogen-bond acceptors (Lipinski definition) is 3. The van der Waals surface area contributed by atoms with Crippen molar-refractivity contribution in [2.75, 3.05) is 13.2 Å². The Kier molecular flexibility index (Phi) is 1.49. The highest BCUT2D eigenvalue weighted by atomic mass is 19.3. The molecule has 0 spiro atoms. The zero-order valence-corrected chi connectivity index (χ0v) is 7.26. The number of alkyl halides is 2. The van der Waals surface area contributed by atoms with Crippen molar-refractivity contribution in [3.05, 3.63) is 17.5 Å². The van der Waals surface area contributed by atoms with E-state index in [1.54, 1.807) is 0 Å². The topological polar surface area (TPSA) is 49.9 Å². The van der Waals surface area contributed by atoms with E-state index in [2.05, 4.69) is 15.5 Å². The normalized spacial score (nSPS) is 33.9. The molecule has 0 amide bonds. The number of ether oxygens (including phenoxy) is 1. The van der Waals surface area contributed by atoms with Crippen LogP contribution in [0.25, 0.3) is 0 Å². The van der Waals surface area contributed by atoms with Crippen LogP contribution in [-0.2, 0) is 10.7 Å². The molecule has 2 atom stereocenters. The third-order valence-corrected chi connectivity index (χ3v) is 2.79. The molecule has 1 aromatic heterocycles. The van der Waals surface area contributed by atoms with Crippen LogP contribution in [0.5, 0.6) is 0 Å². The first-order chi connectivity index (χ1) is 6.69. The Bertz CT molecular complexity index is 365. The molecule has 0 aromatic carbocycles. The van der Waals surface area contributed by atoms with E-state index in [9.17, 15) is 8.78 Å². The van der Waals surface area contributed by atoms with E-state index in [0.717, 1.165) is 0 Å². The minimum Gasteiger partial charge on any atom is -0.378 e. The van der Waals surface area contributed by atoms with Gasteiger partial charge in [-0.1, -0.05) is 0 Å². The summed E-state index contributed by atoms with van der Waals surface area (Å²) in [5.41, 5.74) is 0.459. The van der Waals surface area contributed by atoms with Gasteiger partial charge in [0, 0.05) is 5.56 Å². The SMILES string of the molecule is FC1(F)c2[nH]ncc2C2COCC1N2. The van der Waals surface area contributed by atoms with E-state index in [1.165, 1.54) is 6.20 Å². The lowest BCUT2D eigenvalue weighted by Gasteiger charge is -2.40. The van der Waals surface area contributed by atoms with Crippen molar-refractivity contribution in [1.29, 1.82) is 0 Å². The Morgan fingerprint density at radius 1 is 1.50 bits per heavy atom. The summed E-state index contributed by atoms with van der Waals surface area (Å²) in [7, 11) is 0. The lowest BCUT2D eigenvalue weighted by atomic mass is 9.92. The summed E-state index contributed by atoms with van der Waals surface area (Å²) in [4.78, 5) is 0. The fourth-order valence-corrected chi connectivity index (χ4v) is 2.03. The van der Waals surface area contributed by atoms with Gasteiger partial charge in [-0.25, -0.2) is 0 Å². The first kappa shape index (κ1) is 8.31. The quantitative estimate of drug-likeness (QED) is 0.644. The molecule has 3 heterocycles. The summed E-state index contributed by atoms with van der Waals surface area (Å²) in [6.07, 6.45) is 1.44. The number of halogens is 2. The number of rotatable bonds is 0. The molecule has 6 heteroatoms. The van der Waals surface area contributed by atoms with Crippen LogP contribution in [0.3, 0.4) is 0 Å². The van der Waals surface area contributed by atoms with Crippen molar-refractivity contribution < 1.29 is 13.5 Å². The highest BCUT2D eigenvalue weighted by molar-refractivity contribution is 5.31. The van der Waals surface area contributed by atoms with Gasteiger partial charge in [-0.15, -0.1) is 0 Å². The molecular formula is C8H9F2N3O. The van der Waals surface area contributed by atoms with Gasteiger partial charge in [0.1, 0.15) is 11.7 Å². The van der Waals surface area contributed by atoms with Crippen molar-refractivity contribution in [2.45, 2.75) is 18.0 Å². The van der Waals surface area contributed by atoms with Gasteiger partial charge in [-0.05, 0) is 0 Å². The fraction of sp³-hybridized carbons (Fsp3) is 0.625. The highest BCUT2D eigenvalue weighted by Crippen LogP contribution is 2.41. The highest BCUT2D eigenvalue weighted by Gasteiger charge is 2.51. The number of fused-ring (bicyclic) bond motifs is 4. The summed E-state index contributed by atoms with van der Waals surface area (Å²) in [5.74, 6) is -2.91. The molecule has 14 heavy (non-hydrogen) atoms.